The molecule has 1 saturated heterocycles. The molecule has 0 aliphatic carbocycles. The molecule has 0 radical (unpaired) electrons. The minimum absolute atomic E-state index is 0.116. The van der Waals surface area contributed by atoms with Gasteiger partial charge < -0.3 is 9.64 Å². The van der Waals surface area contributed by atoms with Crippen LogP contribution in [0.5, 0.6) is 0 Å². The third kappa shape index (κ3) is 3.91. The lowest BCUT2D eigenvalue weighted by Crippen LogP contribution is -2.41. The van der Waals surface area contributed by atoms with Crippen LogP contribution in [-0.2, 0) is 16.6 Å². The number of ether oxygens (including phenoxy) is 1. The van der Waals surface area contributed by atoms with Crippen molar-refractivity contribution in [2.24, 2.45) is 7.05 Å². The van der Waals surface area contributed by atoms with Crippen molar-refractivity contribution in [3.63, 3.8) is 0 Å². The van der Waals surface area contributed by atoms with Crippen molar-refractivity contribution in [1.29, 1.82) is 0 Å². The van der Waals surface area contributed by atoms with Crippen molar-refractivity contribution in [2.45, 2.75) is 13.0 Å². The molecule has 0 spiro atoms. The van der Waals surface area contributed by atoms with Gasteiger partial charge in [0.15, 0.2) is 0 Å². The first-order chi connectivity index (χ1) is 12.0. The maximum atomic E-state index is 13.1. The van der Waals surface area contributed by atoms with E-state index in [0.29, 0.717) is 24.8 Å². The monoisotopic (exact) mass is 363 g/mol. The molecule has 2 aromatic rings. The summed E-state index contributed by atoms with van der Waals surface area (Å²) in [7, 11) is 1.75. The highest BCUT2D eigenvalue weighted by molar-refractivity contribution is 6.31. The minimum atomic E-state index is -0.292. The van der Waals surface area contributed by atoms with Crippen molar-refractivity contribution in [2.75, 3.05) is 19.7 Å². The Morgan fingerprint density at radius 1 is 1.40 bits per heavy atom. The van der Waals surface area contributed by atoms with Gasteiger partial charge in [-0.15, -0.1) is 0 Å². The third-order valence-electron chi connectivity index (χ3n) is 4.21. The van der Waals surface area contributed by atoms with Crippen molar-refractivity contribution >= 4 is 23.6 Å². The SMILES string of the molecule is Cc1nn(C)c(Cl)c1/C=C/C(=O)N1CCOC(c2ccc(F)cc2)C1. The van der Waals surface area contributed by atoms with Crippen LogP contribution in [0.15, 0.2) is 30.3 Å². The fraction of sp³-hybridized carbons (Fsp3) is 0.333. The van der Waals surface area contributed by atoms with E-state index in [2.05, 4.69) is 5.10 Å². The van der Waals surface area contributed by atoms with Gasteiger partial charge in [-0.3, -0.25) is 9.48 Å². The summed E-state index contributed by atoms with van der Waals surface area (Å²) in [5, 5.41) is 4.71. The zero-order chi connectivity index (χ0) is 18.0. The summed E-state index contributed by atoms with van der Waals surface area (Å²) in [5.41, 5.74) is 2.36. The number of amides is 1. The van der Waals surface area contributed by atoms with Gasteiger partial charge in [-0.2, -0.15) is 5.10 Å². The van der Waals surface area contributed by atoms with Gasteiger partial charge in [0.25, 0.3) is 0 Å². The fourth-order valence-electron chi connectivity index (χ4n) is 2.82. The van der Waals surface area contributed by atoms with Crippen LogP contribution >= 0.6 is 11.6 Å². The summed E-state index contributed by atoms with van der Waals surface area (Å²) in [6, 6.07) is 6.16. The van der Waals surface area contributed by atoms with E-state index in [1.807, 2.05) is 6.92 Å². The Morgan fingerprint density at radius 2 is 2.12 bits per heavy atom. The van der Waals surface area contributed by atoms with Crippen LogP contribution in [0.1, 0.15) is 22.9 Å². The number of aromatic nitrogens is 2. The molecule has 0 saturated carbocycles. The highest BCUT2D eigenvalue weighted by Crippen LogP contribution is 2.23. The summed E-state index contributed by atoms with van der Waals surface area (Å²) < 4.78 is 20.3. The van der Waals surface area contributed by atoms with E-state index < -0.39 is 0 Å². The smallest absolute Gasteiger partial charge is 0.246 e. The molecule has 5 nitrogen and oxygen atoms in total. The number of benzene rings is 1. The minimum Gasteiger partial charge on any atom is -0.370 e. The number of hydrogen-bond acceptors (Lipinski definition) is 3. The highest BCUT2D eigenvalue weighted by atomic mass is 35.5. The van der Waals surface area contributed by atoms with Gasteiger partial charge in [-0.05, 0) is 30.7 Å². The van der Waals surface area contributed by atoms with Gasteiger partial charge in [0, 0.05) is 25.2 Å². The van der Waals surface area contributed by atoms with Crippen molar-refractivity contribution in [3.05, 3.63) is 58.1 Å². The Morgan fingerprint density at radius 3 is 2.76 bits per heavy atom. The summed E-state index contributed by atoms with van der Waals surface area (Å²) in [6.45, 7) is 3.22. The molecule has 1 aromatic carbocycles. The van der Waals surface area contributed by atoms with Crippen LogP contribution in [0.25, 0.3) is 6.08 Å². The molecule has 1 aliphatic rings. The predicted octanol–water partition coefficient (Wildman–Crippen LogP) is 3.13. The van der Waals surface area contributed by atoms with E-state index in [4.69, 9.17) is 16.3 Å². The molecule has 2 heterocycles. The number of halogens is 2. The van der Waals surface area contributed by atoms with Gasteiger partial charge in [0.1, 0.15) is 17.1 Å². The molecule has 3 rings (SSSR count). The van der Waals surface area contributed by atoms with Crippen LogP contribution in [-0.4, -0.2) is 40.3 Å². The quantitative estimate of drug-likeness (QED) is 0.787. The van der Waals surface area contributed by atoms with Gasteiger partial charge in [-0.25, -0.2) is 4.39 Å². The summed E-state index contributed by atoms with van der Waals surface area (Å²) in [4.78, 5) is 14.2. The standard InChI is InChI=1S/C18H19ClFN3O2/c1-12-15(18(19)22(2)21-12)7-8-17(24)23-9-10-25-16(11-23)13-3-5-14(20)6-4-13/h3-8,16H,9-11H2,1-2H3/b8-7+. The predicted molar refractivity (Wildman–Crippen MR) is 93.7 cm³/mol. The first kappa shape index (κ1) is 17.6. The second-order valence-corrected chi connectivity index (χ2v) is 6.30. The molecule has 1 aliphatic heterocycles. The highest BCUT2D eigenvalue weighted by Gasteiger charge is 2.24. The largest absolute Gasteiger partial charge is 0.370 e. The van der Waals surface area contributed by atoms with Crippen LogP contribution in [0, 0.1) is 12.7 Å². The summed E-state index contributed by atoms with van der Waals surface area (Å²) >= 11 is 6.17. The third-order valence-corrected chi connectivity index (χ3v) is 4.66. The van der Waals surface area contributed by atoms with Crippen LogP contribution < -0.4 is 0 Å². The average molecular weight is 364 g/mol. The first-order valence-corrected chi connectivity index (χ1v) is 8.36. The zero-order valence-electron chi connectivity index (χ0n) is 14.1. The summed E-state index contributed by atoms with van der Waals surface area (Å²) in [5.74, 6) is -0.408. The van der Waals surface area contributed by atoms with E-state index in [9.17, 15) is 9.18 Å². The van der Waals surface area contributed by atoms with E-state index in [1.165, 1.54) is 18.2 Å². The Labute approximate surface area is 150 Å². The summed E-state index contributed by atoms with van der Waals surface area (Å²) in [6.07, 6.45) is 2.94. The van der Waals surface area contributed by atoms with Crippen molar-refractivity contribution in [3.8, 4) is 0 Å². The Balaban J connectivity index is 1.69. The number of carbonyl (C=O) groups is 1. The van der Waals surface area contributed by atoms with Gasteiger partial charge in [0.2, 0.25) is 5.91 Å². The molecule has 0 bridgehead atoms. The Bertz CT molecular complexity index is 801. The number of morpholine rings is 1. The maximum Gasteiger partial charge on any atom is 0.246 e. The lowest BCUT2D eigenvalue weighted by Gasteiger charge is -2.32. The molecule has 1 fully saturated rings. The molecule has 1 atom stereocenters. The molecule has 7 heteroatoms. The van der Waals surface area contributed by atoms with Gasteiger partial charge in [-0.1, -0.05) is 23.7 Å². The van der Waals surface area contributed by atoms with Crippen molar-refractivity contribution < 1.29 is 13.9 Å². The zero-order valence-corrected chi connectivity index (χ0v) is 14.8. The number of nitrogens with zero attached hydrogens (tertiary/aromatic N) is 3. The van der Waals surface area contributed by atoms with E-state index in [-0.39, 0.29) is 17.8 Å². The topological polar surface area (TPSA) is 47.4 Å². The molecular formula is C18H19ClFN3O2. The lowest BCUT2D eigenvalue weighted by atomic mass is 10.1. The normalized spacial score (nSPS) is 18.1. The maximum absolute atomic E-state index is 13.1. The number of aryl methyl sites for hydroxylation is 2. The number of carbonyl (C=O) groups excluding carboxylic acids is 1. The van der Waals surface area contributed by atoms with Crippen molar-refractivity contribution in [1.82, 2.24) is 14.7 Å². The number of hydrogen-bond donors (Lipinski definition) is 0. The average Bonchev–Trinajstić information content (AvgIpc) is 2.85. The second-order valence-electron chi connectivity index (χ2n) is 5.94. The Hall–Kier alpha value is -2.18. The molecule has 1 unspecified atom stereocenters. The van der Waals surface area contributed by atoms with Gasteiger partial charge in [0.05, 0.1) is 18.8 Å². The van der Waals surface area contributed by atoms with E-state index in [0.717, 1.165) is 16.8 Å². The van der Waals surface area contributed by atoms with Crippen LogP contribution in [0.4, 0.5) is 4.39 Å². The molecule has 1 amide bonds. The molecular weight excluding hydrogens is 345 g/mol. The van der Waals surface area contributed by atoms with Crippen LogP contribution in [0.2, 0.25) is 5.15 Å². The van der Waals surface area contributed by atoms with Crippen LogP contribution in [0.3, 0.4) is 0 Å². The molecule has 0 N–H and O–H groups in total. The molecule has 25 heavy (non-hydrogen) atoms. The van der Waals surface area contributed by atoms with E-state index in [1.54, 1.807) is 34.8 Å². The lowest BCUT2D eigenvalue weighted by molar-refractivity contribution is -0.133. The first-order valence-electron chi connectivity index (χ1n) is 7.99. The molecule has 132 valence electrons. The van der Waals surface area contributed by atoms with Gasteiger partial charge >= 0.3 is 0 Å². The Kier molecular flexibility index (Phi) is 5.20. The number of rotatable bonds is 3. The second kappa shape index (κ2) is 7.37. The van der Waals surface area contributed by atoms with E-state index >= 15 is 0 Å². The fourth-order valence-corrected chi connectivity index (χ4v) is 3.06. The molecule has 1 aromatic heterocycles.